The molecule has 3 rings (SSSR count). The number of nitrogens with one attached hydrogen (secondary N) is 1. The molecule has 3 heterocycles. The van der Waals surface area contributed by atoms with Gasteiger partial charge in [-0.3, -0.25) is 14.5 Å². The van der Waals surface area contributed by atoms with Crippen LogP contribution in [0.25, 0.3) is 0 Å². The van der Waals surface area contributed by atoms with Crippen LogP contribution in [0.5, 0.6) is 5.75 Å². The first-order valence-corrected chi connectivity index (χ1v) is 7.64. The smallest absolute Gasteiger partial charge is 0.223 e. The molecular formula is C16H20N4O2. The van der Waals surface area contributed by atoms with Crippen molar-refractivity contribution in [3.63, 3.8) is 0 Å². The van der Waals surface area contributed by atoms with Crippen molar-refractivity contribution >= 4 is 5.91 Å². The summed E-state index contributed by atoms with van der Waals surface area (Å²) in [4.78, 5) is 16.2. The van der Waals surface area contributed by atoms with Crippen molar-refractivity contribution in [2.45, 2.75) is 25.8 Å². The zero-order valence-electron chi connectivity index (χ0n) is 12.4. The Morgan fingerprint density at radius 2 is 2.36 bits per heavy atom. The molecule has 116 valence electrons. The SMILES string of the molecule is O=C(NCCCOc1cccnc1)C1CCn2nccc2C1. The van der Waals surface area contributed by atoms with Crippen molar-refractivity contribution < 1.29 is 9.53 Å². The van der Waals surface area contributed by atoms with Gasteiger partial charge < -0.3 is 10.1 Å². The Kier molecular flexibility index (Phi) is 4.68. The Labute approximate surface area is 129 Å². The lowest BCUT2D eigenvalue weighted by molar-refractivity contribution is -0.125. The quantitative estimate of drug-likeness (QED) is 0.819. The number of pyridine rings is 1. The van der Waals surface area contributed by atoms with E-state index in [1.807, 2.05) is 22.9 Å². The molecule has 1 N–H and O–H groups in total. The van der Waals surface area contributed by atoms with Crippen LogP contribution in [-0.4, -0.2) is 33.8 Å². The molecule has 0 saturated carbocycles. The van der Waals surface area contributed by atoms with Gasteiger partial charge in [0.15, 0.2) is 0 Å². The maximum Gasteiger partial charge on any atom is 0.223 e. The third kappa shape index (κ3) is 3.63. The number of ether oxygens (including phenoxy) is 1. The molecule has 6 nitrogen and oxygen atoms in total. The third-order valence-electron chi connectivity index (χ3n) is 3.84. The summed E-state index contributed by atoms with van der Waals surface area (Å²) in [6.45, 7) is 2.03. The van der Waals surface area contributed by atoms with Crippen molar-refractivity contribution in [1.82, 2.24) is 20.1 Å². The second-order valence-corrected chi connectivity index (χ2v) is 5.42. The van der Waals surface area contributed by atoms with Crippen molar-refractivity contribution in [3.8, 4) is 5.75 Å². The van der Waals surface area contributed by atoms with Crippen LogP contribution in [0.3, 0.4) is 0 Å². The summed E-state index contributed by atoms with van der Waals surface area (Å²) in [6.07, 6.45) is 7.61. The highest BCUT2D eigenvalue weighted by molar-refractivity contribution is 5.78. The minimum Gasteiger partial charge on any atom is -0.492 e. The summed E-state index contributed by atoms with van der Waals surface area (Å²) >= 11 is 0. The lowest BCUT2D eigenvalue weighted by Crippen LogP contribution is -2.36. The molecule has 0 saturated heterocycles. The number of amides is 1. The minimum absolute atomic E-state index is 0.0587. The molecule has 1 amide bonds. The van der Waals surface area contributed by atoms with Gasteiger partial charge in [-0.2, -0.15) is 5.10 Å². The normalized spacial score (nSPS) is 16.8. The number of carbonyl (C=O) groups is 1. The highest BCUT2D eigenvalue weighted by Gasteiger charge is 2.24. The van der Waals surface area contributed by atoms with E-state index in [1.165, 1.54) is 0 Å². The van der Waals surface area contributed by atoms with Crippen LogP contribution in [0.4, 0.5) is 0 Å². The summed E-state index contributed by atoms with van der Waals surface area (Å²) in [7, 11) is 0. The zero-order valence-corrected chi connectivity index (χ0v) is 12.4. The minimum atomic E-state index is 0.0587. The highest BCUT2D eigenvalue weighted by atomic mass is 16.5. The molecule has 1 unspecified atom stereocenters. The molecule has 0 fully saturated rings. The fourth-order valence-corrected chi connectivity index (χ4v) is 2.64. The first-order valence-electron chi connectivity index (χ1n) is 7.64. The predicted molar refractivity (Wildman–Crippen MR) is 81.4 cm³/mol. The van der Waals surface area contributed by atoms with E-state index in [1.54, 1.807) is 18.6 Å². The monoisotopic (exact) mass is 300 g/mol. The lowest BCUT2D eigenvalue weighted by Gasteiger charge is -2.22. The molecular weight excluding hydrogens is 280 g/mol. The van der Waals surface area contributed by atoms with Gasteiger partial charge in [-0.15, -0.1) is 0 Å². The summed E-state index contributed by atoms with van der Waals surface area (Å²) in [5.74, 6) is 0.951. The average Bonchev–Trinajstić information content (AvgIpc) is 3.03. The summed E-state index contributed by atoms with van der Waals surface area (Å²) in [5, 5.41) is 7.23. The van der Waals surface area contributed by atoms with E-state index in [9.17, 15) is 4.79 Å². The first kappa shape index (κ1) is 14.6. The molecule has 0 radical (unpaired) electrons. The van der Waals surface area contributed by atoms with E-state index in [2.05, 4.69) is 15.4 Å². The van der Waals surface area contributed by atoms with Crippen molar-refractivity contribution in [2.75, 3.05) is 13.2 Å². The second-order valence-electron chi connectivity index (χ2n) is 5.42. The Balaban J connectivity index is 1.35. The molecule has 0 bridgehead atoms. The van der Waals surface area contributed by atoms with Gasteiger partial charge in [-0.05, 0) is 31.0 Å². The van der Waals surface area contributed by atoms with E-state index >= 15 is 0 Å². The summed E-state index contributed by atoms with van der Waals surface area (Å²) < 4.78 is 7.52. The summed E-state index contributed by atoms with van der Waals surface area (Å²) in [6, 6.07) is 5.70. The molecule has 6 heteroatoms. The molecule has 1 aliphatic rings. The van der Waals surface area contributed by atoms with Crippen LogP contribution >= 0.6 is 0 Å². The van der Waals surface area contributed by atoms with Crippen LogP contribution in [0.2, 0.25) is 0 Å². The second kappa shape index (κ2) is 7.06. The van der Waals surface area contributed by atoms with Crippen molar-refractivity contribution in [1.29, 1.82) is 0 Å². The van der Waals surface area contributed by atoms with Crippen LogP contribution in [-0.2, 0) is 17.8 Å². The van der Waals surface area contributed by atoms with Crippen LogP contribution in [0.1, 0.15) is 18.5 Å². The highest BCUT2D eigenvalue weighted by Crippen LogP contribution is 2.19. The van der Waals surface area contributed by atoms with Gasteiger partial charge in [0.25, 0.3) is 0 Å². The molecule has 1 atom stereocenters. The van der Waals surface area contributed by atoms with Crippen molar-refractivity contribution in [2.24, 2.45) is 5.92 Å². The van der Waals surface area contributed by atoms with Crippen molar-refractivity contribution in [3.05, 3.63) is 42.5 Å². The predicted octanol–water partition coefficient (Wildman–Crippen LogP) is 1.43. The van der Waals surface area contributed by atoms with Crippen LogP contribution in [0.15, 0.2) is 36.8 Å². The topological polar surface area (TPSA) is 69.0 Å². The Morgan fingerprint density at radius 1 is 1.41 bits per heavy atom. The van der Waals surface area contributed by atoms with E-state index in [-0.39, 0.29) is 11.8 Å². The maximum atomic E-state index is 12.2. The van der Waals surface area contributed by atoms with E-state index in [4.69, 9.17) is 4.74 Å². The number of rotatable bonds is 6. The number of fused-ring (bicyclic) bond motifs is 1. The van der Waals surface area contributed by atoms with Gasteiger partial charge in [0.05, 0.1) is 12.8 Å². The number of carbonyl (C=O) groups excluding carboxylic acids is 1. The number of aromatic nitrogens is 3. The van der Waals surface area contributed by atoms with Gasteiger partial charge in [-0.1, -0.05) is 0 Å². The number of nitrogens with zero attached hydrogens (tertiary/aromatic N) is 3. The number of aryl methyl sites for hydroxylation is 1. The molecule has 0 aliphatic carbocycles. The Morgan fingerprint density at radius 3 is 3.23 bits per heavy atom. The molecule has 2 aromatic heterocycles. The Bertz CT molecular complexity index is 612. The van der Waals surface area contributed by atoms with Crippen LogP contribution < -0.4 is 10.1 Å². The first-order chi connectivity index (χ1) is 10.8. The van der Waals surface area contributed by atoms with Gasteiger partial charge >= 0.3 is 0 Å². The van der Waals surface area contributed by atoms with Gasteiger partial charge in [0.1, 0.15) is 5.75 Å². The standard InChI is InChI=1S/C16H20N4O2/c21-16(13-5-9-20-14(11-13)4-8-19-20)18-7-2-10-22-15-3-1-6-17-12-15/h1,3-4,6,8,12-13H,2,5,7,9-11H2,(H,18,21). The lowest BCUT2D eigenvalue weighted by atomic mass is 9.95. The largest absolute Gasteiger partial charge is 0.492 e. The van der Waals surface area contributed by atoms with Gasteiger partial charge in [0, 0.05) is 43.5 Å². The van der Waals surface area contributed by atoms with Crippen LogP contribution in [0, 0.1) is 5.92 Å². The fourth-order valence-electron chi connectivity index (χ4n) is 2.64. The maximum absolute atomic E-state index is 12.2. The molecule has 1 aliphatic heterocycles. The molecule has 2 aromatic rings. The molecule has 0 spiro atoms. The molecule has 0 aromatic carbocycles. The molecule has 22 heavy (non-hydrogen) atoms. The average molecular weight is 300 g/mol. The van der Waals surface area contributed by atoms with Gasteiger partial charge in [-0.25, -0.2) is 0 Å². The van der Waals surface area contributed by atoms with E-state index in [0.29, 0.717) is 13.2 Å². The van der Waals surface area contributed by atoms with E-state index < -0.39 is 0 Å². The fraction of sp³-hybridized carbons (Fsp3) is 0.438. The summed E-state index contributed by atoms with van der Waals surface area (Å²) in [5.41, 5.74) is 1.14. The third-order valence-corrected chi connectivity index (χ3v) is 3.84. The zero-order chi connectivity index (χ0) is 15.2. The Hall–Kier alpha value is -2.37. The number of hydrogen-bond donors (Lipinski definition) is 1. The number of hydrogen-bond acceptors (Lipinski definition) is 4. The van der Waals surface area contributed by atoms with E-state index in [0.717, 1.165) is 37.3 Å². The van der Waals surface area contributed by atoms with Gasteiger partial charge in [0.2, 0.25) is 5.91 Å².